The molecular formula is C12H16FN3O. The molecule has 92 valence electrons. The zero-order valence-corrected chi connectivity index (χ0v) is 10.0. The van der Waals surface area contributed by atoms with Crippen LogP contribution in [0.4, 0.5) is 10.2 Å². The SMILES string of the molecule is CC(C)c1cnc(N2CCNC(=O)C2)c(F)c1. The summed E-state index contributed by atoms with van der Waals surface area (Å²) in [6.07, 6.45) is 1.68. The third-order valence-corrected chi connectivity index (χ3v) is 2.85. The molecule has 1 aliphatic heterocycles. The Kier molecular flexibility index (Phi) is 3.26. The van der Waals surface area contributed by atoms with E-state index in [1.807, 2.05) is 13.8 Å². The van der Waals surface area contributed by atoms with Crippen LogP contribution in [0.2, 0.25) is 0 Å². The summed E-state index contributed by atoms with van der Waals surface area (Å²) in [6.45, 7) is 5.28. The lowest BCUT2D eigenvalue weighted by atomic mass is 10.1. The van der Waals surface area contributed by atoms with E-state index in [0.29, 0.717) is 13.1 Å². The molecule has 0 spiro atoms. The van der Waals surface area contributed by atoms with Crippen LogP contribution in [0.5, 0.6) is 0 Å². The van der Waals surface area contributed by atoms with Crippen molar-refractivity contribution in [2.75, 3.05) is 24.5 Å². The molecule has 17 heavy (non-hydrogen) atoms. The Morgan fingerprint density at radius 2 is 2.29 bits per heavy atom. The molecule has 5 heteroatoms. The second-order valence-corrected chi connectivity index (χ2v) is 4.50. The lowest BCUT2D eigenvalue weighted by Gasteiger charge is -2.28. The van der Waals surface area contributed by atoms with E-state index in [-0.39, 0.29) is 30.0 Å². The molecule has 1 aromatic heterocycles. The second-order valence-electron chi connectivity index (χ2n) is 4.50. The molecule has 0 radical (unpaired) electrons. The smallest absolute Gasteiger partial charge is 0.239 e. The maximum atomic E-state index is 13.9. The predicted octanol–water partition coefficient (Wildman–Crippen LogP) is 1.28. The Morgan fingerprint density at radius 3 is 2.88 bits per heavy atom. The molecule has 1 saturated heterocycles. The number of carbonyl (C=O) groups is 1. The first-order valence-corrected chi connectivity index (χ1v) is 5.75. The highest BCUT2D eigenvalue weighted by Gasteiger charge is 2.20. The number of pyridine rings is 1. The normalized spacial score (nSPS) is 16.2. The number of anilines is 1. The van der Waals surface area contributed by atoms with Gasteiger partial charge in [0.2, 0.25) is 5.91 Å². The van der Waals surface area contributed by atoms with E-state index >= 15 is 0 Å². The minimum Gasteiger partial charge on any atom is -0.353 e. The van der Waals surface area contributed by atoms with Gasteiger partial charge in [-0.3, -0.25) is 4.79 Å². The van der Waals surface area contributed by atoms with Gasteiger partial charge in [0.1, 0.15) is 0 Å². The zero-order chi connectivity index (χ0) is 12.4. The van der Waals surface area contributed by atoms with E-state index in [0.717, 1.165) is 5.56 Å². The van der Waals surface area contributed by atoms with Crippen molar-refractivity contribution in [2.45, 2.75) is 19.8 Å². The molecule has 0 bridgehead atoms. The van der Waals surface area contributed by atoms with Gasteiger partial charge in [-0.25, -0.2) is 9.37 Å². The van der Waals surface area contributed by atoms with Gasteiger partial charge >= 0.3 is 0 Å². The molecule has 1 amide bonds. The fourth-order valence-electron chi connectivity index (χ4n) is 1.81. The molecule has 1 aliphatic rings. The monoisotopic (exact) mass is 237 g/mol. The summed E-state index contributed by atoms with van der Waals surface area (Å²) in [5, 5.41) is 2.70. The minimum absolute atomic E-state index is 0.0922. The first-order chi connectivity index (χ1) is 8.08. The van der Waals surface area contributed by atoms with Crippen LogP contribution in [-0.4, -0.2) is 30.5 Å². The van der Waals surface area contributed by atoms with Gasteiger partial charge in [-0.05, 0) is 17.5 Å². The first kappa shape index (κ1) is 11.8. The number of aromatic nitrogens is 1. The van der Waals surface area contributed by atoms with Gasteiger partial charge in [-0.2, -0.15) is 0 Å². The number of halogens is 1. The Morgan fingerprint density at radius 1 is 1.53 bits per heavy atom. The van der Waals surface area contributed by atoms with Gasteiger partial charge in [-0.15, -0.1) is 0 Å². The fourth-order valence-corrected chi connectivity index (χ4v) is 1.81. The molecule has 1 aromatic rings. The molecule has 1 fully saturated rings. The number of rotatable bonds is 2. The van der Waals surface area contributed by atoms with Crippen LogP contribution in [0, 0.1) is 5.82 Å². The Bertz CT molecular complexity index is 434. The van der Waals surface area contributed by atoms with Crippen molar-refractivity contribution in [3.63, 3.8) is 0 Å². The van der Waals surface area contributed by atoms with Crippen molar-refractivity contribution in [1.82, 2.24) is 10.3 Å². The maximum Gasteiger partial charge on any atom is 0.239 e. The summed E-state index contributed by atoms with van der Waals surface area (Å²) >= 11 is 0. The van der Waals surface area contributed by atoms with Crippen molar-refractivity contribution in [3.05, 3.63) is 23.6 Å². The van der Waals surface area contributed by atoms with E-state index in [4.69, 9.17) is 0 Å². The van der Waals surface area contributed by atoms with E-state index in [1.165, 1.54) is 6.07 Å². The van der Waals surface area contributed by atoms with Crippen LogP contribution >= 0.6 is 0 Å². The Labute approximate surface area is 99.8 Å². The van der Waals surface area contributed by atoms with Crippen molar-refractivity contribution in [3.8, 4) is 0 Å². The van der Waals surface area contributed by atoms with Gasteiger partial charge < -0.3 is 10.2 Å². The van der Waals surface area contributed by atoms with E-state index in [1.54, 1.807) is 11.1 Å². The topological polar surface area (TPSA) is 45.2 Å². The van der Waals surface area contributed by atoms with E-state index in [9.17, 15) is 9.18 Å². The first-order valence-electron chi connectivity index (χ1n) is 5.75. The minimum atomic E-state index is -0.356. The lowest BCUT2D eigenvalue weighted by Crippen LogP contribution is -2.48. The average molecular weight is 237 g/mol. The highest BCUT2D eigenvalue weighted by Crippen LogP contribution is 2.21. The number of piperazine rings is 1. The molecule has 0 atom stereocenters. The summed E-state index contributed by atoms with van der Waals surface area (Å²) in [6, 6.07) is 1.50. The summed E-state index contributed by atoms with van der Waals surface area (Å²) in [5.74, 6) is 0.0660. The molecule has 1 N–H and O–H groups in total. The average Bonchev–Trinajstić information content (AvgIpc) is 2.28. The van der Waals surface area contributed by atoms with Crippen molar-refractivity contribution in [2.24, 2.45) is 0 Å². The summed E-state index contributed by atoms with van der Waals surface area (Å²) in [7, 11) is 0. The number of amides is 1. The van der Waals surface area contributed by atoms with Crippen LogP contribution < -0.4 is 10.2 Å². The number of hydrogen-bond donors (Lipinski definition) is 1. The van der Waals surface area contributed by atoms with Gasteiger partial charge in [0.15, 0.2) is 11.6 Å². The molecular weight excluding hydrogens is 221 g/mol. The third-order valence-electron chi connectivity index (χ3n) is 2.85. The summed E-state index contributed by atoms with van der Waals surface area (Å²) in [5.41, 5.74) is 0.868. The van der Waals surface area contributed by atoms with Crippen LogP contribution in [0.25, 0.3) is 0 Å². The predicted molar refractivity (Wildman–Crippen MR) is 63.5 cm³/mol. The molecule has 0 saturated carbocycles. The summed E-state index contributed by atoms with van der Waals surface area (Å²) < 4.78 is 13.9. The molecule has 0 aliphatic carbocycles. The van der Waals surface area contributed by atoms with Gasteiger partial charge in [0.25, 0.3) is 0 Å². The quantitative estimate of drug-likeness (QED) is 0.842. The van der Waals surface area contributed by atoms with Crippen LogP contribution in [-0.2, 0) is 4.79 Å². The van der Waals surface area contributed by atoms with E-state index in [2.05, 4.69) is 10.3 Å². The van der Waals surface area contributed by atoms with Crippen LogP contribution in [0.3, 0.4) is 0 Å². The number of carbonyl (C=O) groups excluding carboxylic acids is 1. The largest absolute Gasteiger partial charge is 0.353 e. The van der Waals surface area contributed by atoms with Crippen molar-refractivity contribution < 1.29 is 9.18 Å². The Hall–Kier alpha value is -1.65. The maximum absolute atomic E-state index is 13.9. The third kappa shape index (κ3) is 2.54. The van der Waals surface area contributed by atoms with Crippen molar-refractivity contribution in [1.29, 1.82) is 0 Å². The molecule has 0 unspecified atom stereocenters. The van der Waals surface area contributed by atoms with Gasteiger partial charge in [-0.1, -0.05) is 13.8 Å². The molecule has 2 rings (SSSR count). The molecule has 4 nitrogen and oxygen atoms in total. The fraction of sp³-hybridized carbons (Fsp3) is 0.500. The summed E-state index contributed by atoms with van der Waals surface area (Å²) in [4.78, 5) is 17.0. The number of nitrogens with zero attached hydrogens (tertiary/aromatic N) is 2. The molecule has 0 aromatic carbocycles. The Balaban J connectivity index is 2.23. The lowest BCUT2D eigenvalue weighted by molar-refractivity contribution is -0.120. The molecule has 2 heterocycles. The number of nitrogens with one attached hydrogen (secondary N) is 1. The highest BCUT2D eigenvalue weighted by molar-refractivity contribution is 5.82. The highest BCUT2D eigenvalue weighted by atomic mass is 19.1. The van der Waals surface area contributed by atoms with Crippen LogP contribution in [0.1, 0.15) is 25.3 Å². The van der Waals surface area contributed by atoms with Crippen LogP contribution in [0.15, 0.2) is 12.3 Å². The van der Waals surface area contributed by atoms with Gasteiger partial charge in [0, 0.05) is 19.3 Å². The van der Waals surface area contributed by atoms with E-state index < -0.39 is 0 Å². The standard InChI is InChI=1S/C12H16FN3O/c1-8(2)9-5-10(13)12(15-6-9)16-4-3-14-11(17)7-16/h5-6,8H,3-4,7H2,1-2H3,(H,14,17). The second kappa shape index (κ2) is 4.69. The zero-order valence-electron chi connectivity index (χ0n) is 10.0. The van der Waals surface area contributed by atoms with Crippen molar-refractivity contribution >= 4 is 11.7 Å². The van der Waals surface area contributed by atoms with Gasteiger partial charge in [0.05, 0.1) is 6.54 Å². The number of hydrogen-bond acceptors (Lipinski definition) is 3.